The molecule has 0 unspecified atom stereocenters. The number of halogens is 2. The molecule has 2 aromatic rings. The topological polar surface area (TPSA) is 12.0 Å². The molecule has 1 aromatic heterocycles. The second-order valence-corrected chi connectivity index (χ2v) is 5.25. The van der Waals surface area contributed by atoms with Crippen LogP contribution in [0.4, 0.5) is 10.1 Å². The van der Waals surface area contributed by atoms with Gasteiger partial charge in [-0.05, 0) is 31.2 Å². The molecule has 4 heteroatoms. The van der Waals surface area contributed by atoms with Crippen molar-refractivity contribution < 1.29 is 4.39 Å². The molecule has 84 valence electrons. The average molecular weight is 256 g/mol. The van der Waals surface area contributed by atoms with Crippen LogP contribution < -0.4 is 5.32 Å². The lowest BCUT2D eigenvalue weighted by molar-refractivity contribution is 0.630. The van der Waals surface area contributed by atoms with Gasteiger partial charge in [0.25, 0.3) is 0 Å². The predicted octanol–water partition coefficient (Wildman–Crippen LogP) is 4.46. The molecule has 0 bridgehead atoms. The highest BCUT2D eigenvalue weighted by Gasteiger charge is 2.05. The Labute approximate surface area is 103 Å². The van der Waals surface area contributed by atoms with Gasteiger partial charge < -0.3 is 5.32 Å². The Morgan fingerprint density at radius 3 is 2.81 bits per heavy atom. The fourth-order valence-corrected chi connectivity index (χ4v) is 2.41. The maximum absolute atomic E-state index is 13.5. The molecule has 16 heavy (non-hydrogen) atoms. The van der Waals surface area contributed by atoms with E-state index in [1.807, 2.05) is 13.0 Å². The highest BCUT2D eigenvalue weighted by atomic mass is 35.5. The van der Waals surface area contributed by atoms with E-state index >= 15 is 0 Å². The quantitative estimate of drug-likeness (QED) is 0.854. The Balaban J connectivity index is 2.07. The van der Waals surface area contributed by atoms with Crippen LogP contribution >= 0.6 is 22.9 Å². The minimum atomic E-state index is -0.391. The van der Waals surface area contributed by atoms with Crippen molar-refractivity contribution in [3.8, 4) is 0 Å². The molecule has 0 radical (unpaired) electrons. The molecular formula is C12H11ClFNS. The molecule has 0 amide bonds. The maximum atomic E-state index is 13.5. The van der Waals surface area contributed by atoms with E-state index in [9.17, 15) is 4.39 Å². The monoisotopic (exact) mass is 255 g/mol. The standard InChI is InChI=1S/C12H11ClFNS/c1-8-5-6-9(16-8)7-15-11-4-2-3-10(13)12(11)14/h2-6,15H,7H2,1H3. The van der Waals surface area contributed by atoms with Crippen LogP contribution in [-0.4, -0.2) is 0 Å². The van der Waals surface area contributed by atoms with Crippen LogP contribution in [0.25, 0.3) is 0 Å². The van der Waals surface area contributed by atoms with Crippen molar-refractivity contribution in [2.75, 3.05) is 5.32 Å². The fourth-order valence-electron chi connectivity index (χ4n) is 1.40. The summed E-state index contributed by atoms with van der Waals surface area (Å²) in [6, 6.07) is 9.04. The van der Waals surface area contributed by atoms with E-state index in [0.29, 0.717) is 12.2 Å². The SMILES string of the molecule is Cc1ccc(CNc2cccc(Cl)c2F)s1. The molecule has 1 heterocycles. The zero-order valence-corrected chi connectivity index (χ0v) is 10.3. The summed E-state index contributed by atoms with van der Waals surface area (Å²) in [6.45, 7) is 2.67. The van der Waals surface area contributed by atoms with E-state index in [2.05, 4.69) is 11.4 Å². The number of hydrogen-bond donors (Lipinski definition) is 1. The van der Waals surface area contributed by atoms with Crippen LogP contribution in [0.2, 0.25) is 5.02 Å². The molecule has 1 N–H and O–H groups in total. The van der Waals surface area contributed by atoms with E-state index in [1.165, 1.54) is 15.8 Å². The molecule has 0 saturated carbocycles. The average Bonchev–Trinajstić information content (AvgIpc) is 2.67. The largest absolute Gasteiger partial charge is 0.378 e. The minimum absolute atomic E-state index is 0.146. The molecule has 0 atom stereocenters. The second kappa shape index (κ2) is 4.85. The van der Waals surface area contributed by atoms with Crippen molar-refractivity contribution in [3.05, 3.63) is 50.9 Å². The first-order valence-electron chi connectivity index (χ1n) is 4.90. The minimum Gasteiger partial charge on any atom is -0.378 e. The first kappa shape index (κ1) is 11.4. The molecule has 0 saturated heterocycles. The van der Waals surface area contributed by atoms with E-state index in [-0.39, 0.29) is 5.02 Å². The lowest BCUT2D eigenvalue weighted by atomic mass is 10.3. The molecule has 0 aliphatic carbocycles. The number of hydrogen-bond acceptors (Lipinski definition) is 2. The maximum Gasteiger partial charge on any atom is 0.164 e. The summed E-state index contributed by atoms with van der Waals surface area (Å²) in [5.41, 5.74) is 0.443. The molecule has 1 nitrogen and oxygen atoms in total. The van der Waals surface area contributed by atoms with Gasteiger partial charge in [-0.25, -0.2) is 4.39 Å². The summed E-state index contributed by atoms with van der Waals surface area (Å²) in [5, 5.41) is 3.18. The first-order chi connectivity index (χ1) is 7.66. The molecule has 0 spiro atoms. The Morgan fingerprint density at radius 2 is 2.12 bits per heavy atom. The van der Waals surface area contributed by atoms with Crippen LogP contribution in [0.1, 0.15) is 9.75 Å². The fraction of sp³-hybridized carbons (Fsp3) is 0.167. The van der Waals surface area contributed by atoms with Crippen molar-refractivity contribution in [1.29, 1.82) is 0 Å². The first-order valence-corrected chi connectivity index (χ1v) is 6.09. The summed E-state index contributed by atoms with van der Waals surface area (Å²) < 4.78 is 13.5. The van der Waals surface area contributed by atoms with Gasteiger partial charge in [-0.1, -0.05) is 17.7 Å². The third-order valence-electron chi connectivity index (χ3n) is 2.20. The molecule has 0 aliphatic rings. The Kier molecular flexibility index (Phi) is 3.46. The van der Waals surface area contributed by atoms with Crippen LogP contribution in [0, 0.1) is 12.7 Å². The Hall–Kier alpha value is -1.06. The van der Waals surface area contributed by atoms with Gasteiger partial charge in [-0.2, -0.15) is 0 Å². The molecule has 2 rings (SSSR count). The number of rotatable bonds is 3. The van der Waals surface area contributed by atoms with Gasteiger partial charge in [0.05, 0.1) is 10.7 Å². The summed E-state index contributed by atoms with van der Waals surface area (Å²) in [4.78, 5) is 2.43. The third kappa shape index (κ3) is 2.54. The van der Waals surface area contributed by atoms with E-state index in [0.717, 1.165) is 0 Å². The Bertz CT molecular complexity index is 496. The summed E-state index contributed by atoms with van der Waals surface area (Å²) in [6.07, 6.45) is 0. The van der Waals surface area contributed by atoms with Gasteiger partial charge in [0.1, 0.15) is 0 Å². The van der Waals surface area contributed by atoms with Gasteiger partial charge in [0.2, 0.25) is 0 Å². The lowest BCUT2D eigenvalue weighted by Gasteiger charge is -2.06. The molecular weight excluding hydrogens is 245 g/mol. The zero-order chi connectivity index (χ0) is 11.5. The van der Waals surface area contributed by atoms with Crippen molar-refractivity contribution in [2.45, 2.75) is 13.5 Å². The van der Waals surface area contributed by atoms with Crippen LogP contribution in [0.15, 0.2) is 30.3 Å². The lowest BCUT2D eigenvalue weighted by Crippen LogP contribution is -1.99. The number of aryl methyl sites for hydroxylation is 1. The van der Waals surface area contributed by atoms with Gasteiger partial charge >= 0.3 is 0 Å². The normalized spacial score (nSPS) is 10.4. The van der Waals surface area contributed by atoms with Crippen molar-refractivity contribution in [1.82, 2.24) is 0 Å². The number of benzene rings is 1. The van der Waals surface area contributed by atoms with E-state index in [1.54, 1.807) is 23.5 Å². The van der Waals surface area contributed by atoms with Crippen molar-refractivity contribution in [2.24, 2.45) is 0 Å². The Morgan fingerprint density at radius 1 is 1.31 bits per heavy atom. The van der Waals surface area contributed by atoms with Crippen LogP contribution in [0.3, 0.4) is 0 Å². The van der Waals surface area contributed by atoms with Gasteiger partial charge in [0.15, 0.2) is 5.82 Å². The van der Waals surface area contributed by atoms with E-state index < -0.39 is 5.82 Å². The summed E-state index contributed by atoms with van der Waals surface area (Å²) in [7, 11) is 0. The highest BCUT2D eigenvalue weighted by molar-refractivity contribution is 7.11. The van der Waals surface area contributed by atoms with Crippen molar-refractivity contribution >= 4 is 28.6 Å². The number of thiophene rings is 1. The summed E-state index contributed by atoms with van der Waals surface area (Å²) in [5.74, 6) is -0.391. The van der Waals surface area contributed by atoms with Gasteiger partial charge in [0, 0.05) is 16.3 Å². The third-order valence-corrected chi connectivity index (χ3v) is 3.49. The molecule has 1 aromatic carbocycles. The molecule has 0 aliphatic heterocycles. The van der Waals surface area contributed by atoms with Crippen molar-refractivity contribution in [3.63, 3.8) is 0 Å². The predicted molar refractivity (Wildman–Crippen MR) is 67.8 cm³/mol. The summed E-state index contributed by atoms with van der Waals surface area (Å²) >= 11 is 7.39. The van der Waals surface area contributed by atoms with E-state index in [4.69, 9.17) is 11.6 Å². The number of nitrogens with one attached hydrogen (secondary N) is 1. The van der Waals surface area contributed by atoms with Gasteiger partial charge in [-0.15, -0.1) is 11.3 Å². The molecule has 0 fully saturated rings. The van der Waals surface area contributed by atoms with Crippen LogP contribution in [-0.2, 0) is 6.54 Å². The zero-order valence-electron chi connectivity index (χ0n) is 8.76. The second-order valence-electron chi connectivity index (χ2n) is 3.47. The highest BCUT2D eigenvalue weighted by Crippen LogP contribution is 2.23. The van der Waals surface area contributed by atoms with Gasteiger partial charge in [-0.3, -0.25) is 0 Å². The van der Waals surface area contributed by atoms with Crippen LogP contribution in [0.5, 0.6) is 0 Å². The smallest absolute Gasteiger partial charge is 0.164 e. The number of anilines is 1.